The van der Waals surface area contributed by atoms with Crippen LogP contribution in [0.15, 0.2) is 53.7 Å². The van der Waals surface area contributed by atoms with E-state index in [1.54, 1.807) is 32.0 Å². The van der Waals surface area contributed by atoms with Crippen LogP contribution in [-0.4, -0.2) is 16.9 Å². The van der Waals surface area contributed by atoms with Gasteiger partial charge in [-0.1, -0.05) is 98.5 Å². The maximum Gasteiger partial charge on any atom is 0.415 e. The summed E-state index contributed by atoms with van der Waals surface area (Å²) in [5.74, 6) is -2.50. The van der Waals surface area contributed by atoms with Crippen LogP contribution in [0.25, 0.3) is 10.9 Å². The molecule has 1 unspecified atom stereocenters. The molecule has 0 saturated carbocycles. The van der Waals surface area contributed by atoms with E-state index in [9.17, 15) is 26.3 Å². The zero-order valence-corrected chi connectivity index (χ0v) is 28.8. The number of nitrogens with one attached hydrogen (secondary N) is 1. The fourth-order valence-electron chi connectivity index (χ4n) is 4.40. The predicted octanol–water partition coefficient (Wildman–Crippen LogP) is 13.2. The van der Waals surface area contributed by atoms with Gasteiger partial charge >= 0.3 is 6.18 Å². The van der Waals surface area contributed by atoms with E-state index in [4.69, 9.17) is 11.6 Å². The summed E-state index contributed by atoms with van der Waals surface area (Å²) in [5, 5.41) is 0.894. The Morgan fingerprint density at radius 3 is 2.16 bits per heavy atom. The number of aromatic nitrogens is 1. The molecular weight excluding hydrogens is 610 g/mol. The lowest BCUT2D eigenvalue weighted by Crippen LogP contribution is -2.08. The highest BCUT2D eigenvalue weighted by Gasteiger charge is 2.29. The second-order valence-corrected chi connectivity index (χ2v) is 10.3. The Kier molecular flexibility index (Phi) is 19.5. The van der Waals surface area contributed by atoms with Crippen molar-refractivity contribution in [3.8, 4) is 0 Å². The number of alkyl halides is 3. The third kappa shape index (κ3) is 12.4. The van der Waals surface area contributed by atoms with Crippen molar-refractivity contribution < 1.29 is 26.3 Å². The highest BCUT2D eigenvalue weighted by molar-refractivity contribution is 6.31. The molecule has 0 aliphatic carbocycles. The average molecular weight is 659 g/mol. The van der Waals surface area contributed by atoms with Crippen molar-refractivity contribution in [3.05, 3.63) is 93.6 Å². The molecule has 9 heteroatoms. The quantitative estimate of drug-likeness (QED) is 0.128. The summed E-state index contributed by atoms with van der Waals surface area (Å²) in [6.45, 7) is 20.4. The average Bonchev–Trinajstić information content (AvgIpc) is 3.36. The normalized spacial score (nSPS) is 12.1. The molecule has 1 atom stereocenters. The number of nitrogens with zero attached hydrogens (tertiary/aromatic N) is 1. The number of fused-ring (bicyclic) bond motifs is 1. The minimum Gasteiger partial charge on any atom is -0.358 e. The van der Waals surface area contributed by atoms with Crippen LogP contribution in [0.5, 0.6) is 0 Å². The summed E-state index contributed by atoms with van der Waals surface area (Å²) in [6.07, 6.45) is 2.51. The molecule has 0 spiro atoms. The van der Waals surface area contributed by atoms with Gasteiger partial charge in [0.05, 0.1) is 5.02 Å². The summed E-state index contributed by atoms with van der Waals surface area (Å²) >= 11 is 5.98. The molecule has 1 N–H and O–H groups in total. The Morgan fingerprint density at radius 2 is 1.62 bits per heavy atom. The van der Waals surface area contributed by atoms with Crippen molar-refractivity contribution in [2.24, 2.45) is 4.99 Å². The number of unbranched alkanes of at least 4 members (excludes halogenated alkanes) is 1. The summed E-state index contributed by atoms with van der Waals surface area (Å²) < 4.78 is 78.7. The van der Waals surface area contributed by atoms with Gasteiger partial charge in [0.15, 0.2) is 11.6 Å². The first kappa shape index (κ1) is 42.0. The lowest BCUT2D eigenvalue weighted by molar-refractivity contribution is -0.0878. The zero-order chi connectivity index (χ0) is 34.9. The smallest absolute Gasteiger partial charge is 0.358 e. The Labute approximate surface area is 270 Å². The SMILES string of the molecule is C=C(/C=C\N=C(C)CCC)C(F)(F)F.CC.CC.CCCCc1c(C(C)c2ccc(CC)c(F)c2F)[nH]c2cc(F)c(Cl)cc12. The predicted molar refractivity (Wildman–Crippen MR) is 180 cm³/mol. The maximum absolute atomic E-state index is 14.7. The van der Waals surface area contributed by atoms with Crippen molar-refractivity contribution >= 4 is 28.2 Å². The number of hydrogen-bond donors (Lipinski definition) is 1. The van der Waals surface area contributed by atoms with Crippen LogP contribution in [0.4, 0.5) is 26.3 Å². The van der Waals surface area contributed by atoms with E-state index in [1.807, 2.05) is 41.5 Å². The number of allylic oxidation sites excluding steroid dienone is 2. The number of aliphatic imine (C=N–C) groups is 1. The number of hydrogen-bond acceptors (Lipinski definition) is 1. The van der Waals surface area contributed by atoms with Crippen LogP contribution < -0.4 is 0 Å². The number of benzene rings is 2. The van der Waals surface area contributed by atoms with Crippen LogP contribution in [-0.2, 0) is 12.8 Å². The van der Waals surface area contributed by atoms with E-state index >= 15 is 0 Å². The molecule has 0 bridgehead atoms. The first-order valence-corrected chi connectivity index (χ1v) is 16.1. The van der Waals surface area contributed by atoms with Crippen LogP contribution in [0.3, 0.4) is 0 Å². The third-order valence-corrected chi connectivity index (χ3v) is 7.07. The maximum atomic E-state index is 14.7. The van der Waals surface area contributed by atoms with Crippen LogP contribution in [0.1, 0.15) is 116 Å². The van der Waals surface area contributed by atoms with Crippen molar-refractivity contribution in [3.63, 3.8) is 0 Å². The lowest BCUT2D eigenvalue weighted by Gasteiger charge is -2.16. The van der Waals surface area contributed by atoms with Gasteiger partial charge in [-0.15, -0.1) is 0 Å². The number of halogens is 7. The standard InChI is InChI=1S/C22H23ClF3N.C10H14F3N.2C2H6/c1-4-6-7-15-16-10-17(23)18(24)11-19(16)27-22(15)12(3)14-9-8-13(5-2)20(25)21(14)26;1-4-5-9(3)14-7-6-8(2)10(11,12)13;2*1-2/h8-12,27H,4-7H2,1-3H3;6-7H,2,4-5H2,1,3H3;2*1-2H3/b;7-6-,14-9?;;. The molecule has 2 nitrogen and oxygen atoms in total. The topological polar surface area (TPSA) is 28.1 Å². The van der Waals surface area contributed by atoms with Gasteiger partial charge < -0.3 is 4.98 Å². The fourth-order valence-corrected chi connectivity index (χ4v) is 4.56. The molecule has 0 aliphatic heterocycles. The zero-order valence-electron chi connectivity index (χ0n) is 28.1. The van der Waals surface area contributed by atoms with Gasteiger partial charge in [0.2, 0.25) is 0 Å². The number of aromatic amines is 1. The van der Waals surface area contributed by atoms with E-state index in [0.29, 0.717) is 23.1 Å². The van der Waals surface area contributed by atoms with Gasteiger partial charge in [-0.05, 0) is 67.5 Å². The second-order valence-electron chi connectivity index (χ2n) is 9.90. The number of H-pyrrole nitrogens is 1. The van der Waals surface area contributed by atoms with Crippen molar-refractivity contribution in [2.75, 3.05) is 0 Å². The molecule has 1 aromatic heterocycles. The minimum atomic E-state index is -4.36. The van der Waals surface area contributed by atoms with Crippen molar-refractivity contribution in [2.45, 2.75) is 113 Å². The molecule has 0 fully saturated rings. The molecule has 45 heavy (non-hydrogen) atoms. The molecule has 252 valence electrons. The highest BCUT2D eigenvalue weighted by atomic mass is 35.5. The largest absolute Gasteiger partial charge is 0.415 e. The first-order valence-electron chi connectivity index (χ1n) is 15.7. The van der Waals surface area contributed by atoms with Crippen LogP contribution in [0.2, 0.25) is 5.02 Å². The summed E-state index contributed by atoms with van der Waals surface area (Å²) in [5.41, 5.74) is 2.98. The van der Waals surface area contributed by atoms with Crippen molar-refractivity contribution in [1.29, 1.82) is 0 Å². The van der Waals surface area contributed by atoms with Gasteiger partial charge in [-0.3, -0.25) is 4.99 Å². The summed E-state index contributed by atoms with van der Waals surface area (Å²) in [7, 11) is 0. The van der Waals surface area contributed by atoms with E-state index in [-0.39, 0.29) is 5.02 Å². The first-order chi connectivity index (χ1) is 21.3. The summed E-state index contributed by atoms with van der Waals surface area (Å²) in [4.78, 5) is 7.07. The third-order valence-electron chi connectivity index (χ3n) is 6.78. The number of rotatable bonds is 10. The van der Waals surface area contributed by atoms with E-state index in [1.165, 1.54) is 6.07 Å². The van der Waals surface area contributed by atoms with Crippen LogP contribution in [0, 0.1) is 17.5 Å². The molecule has 0 saturated heterocycles. The molecule has 3 aromatic rings. The van der Waals surface area contributed by atoms with Crippen LogP contribution >= 0.6 is 11.6 Å². The van der Waals surface area contributed by atoms with E-state index < -0.39 is 35.1 Å². The Morgan fingerprint density at radius 1 is 1.00 bits per heavy atom. The molecular formula is C36H49ClF6N2. The Balaban J connectivity index is 0.000000914. The fraction of sp³-hybridized carbons (Fsp3) is 0.472. The van der Waals surface area contributed by atoms with E-state index in [0.717, 1.165) is 66.7 Å². The molecule has 3 rings (SSSR count). The second kappa shape index (κ2) is 20.9. The van der Waals surface area contributed by atoms with Crippen molar-refractivity contribution in [1.82, 2.24) is 4.98 Å². The monoisotopic (exact) mass is 658 g/mol. The Bertz CT molecular complexity index is 1400. The molecule has 0 amide bonds. The molecule has 0 radical (unpaired) electrons. The number of aryl methyl sites for hydroxylation is 2. The van der Waals surface area contributed by atoms with Gasteiger partial charge in [0, 0.05) is 40.0 Å². The Hall–Kier alpha value is -3.00. The minimum absolute atomic E-state index is 0.0583. The van der Waals surface area contributed by atoms with Gasteiger partial charge in [-0.2, -0.15) is 13.2 Å². The van der Waals surface area contributed by atoms with Gasteiger partial charge in [-0.25, -0.2) is 13.2 Å². The molecule has 1 heterocycles. The summed E-state index contributed by atoms with van der Waals surface area (Å²) in [6, 6.07) is 6.25. The lowest BCUT2D eigenvalue weighted by atomic mass is 9.91. The van der Waals surface area contributed by atoms with E-state index in [2.05, 4.69) is 23.5 Å². The molecule has 2 aromatic carbocycles. The van der Waals surface area contributed by atoms with Gasteiger partial charge in [0.1, 0.15) is 5.82 Å². The van der Waals surface area contributed by atoms with Gasteiger partial charge in [0.25, 0.3) is 0 Å². The highest BCUT2D eigenvalue weighted by Crippen LogP contribution is 2.36. The molecule has 0 aliphatic rings.